The number of aliphatic hydroxyl groups is 1. The lowest BCUT2D eigenvalue weighted by Crippen LogP contribution is -2.37. The zero-order chi connectivity index (χ0) is 20.6. The molecule has 0 radical (unpaired) electrons. The number of likely N-dealkylation sites (tertiary alicyclic amines) is 1. The van der Waals surface area contributed by atoms with E-state index in [4.69, 9.17) is 5.73 Å². The number of rotatable bonds is 2. The van der Waals surface area contributed by atoms with Gasteiger partial charge < -0.3 is 15.7 Å². The SMILES string of the molecule is CN1CCC(O)(C#Cc2cccc(-c3nc(C(N)=O)cc4c3N=CCC4)c2)C1=O. The molecule has 1 fully saturated rings. The molecular weight excluding hydrogens is 368 g/mol. The van der Waals surface area contributed by atoms with E-state index in [0.29, 0.717) is 17.8 Å². The molecule has 1 aromatic heterocycles. The van der Waals surface area contributed by atoms with Crippen molar-refractivity contribution < 1.29 is 14.7 Å². The van der Waals surface area contributed by atoms with Gasteiger partial charge in [-0.3, -0.25) is 14.6 Å². The molecular formula is C22H20N4O3. The Hall–Kier alpha value is -3.50. The van der Waals surface area contributed by atoms with Crippen molar-refractivity contribution in [2.45, 2.75) is 24.9 Å². The molecule has 4 rings (SSSR count). The zero-order valence-electron chi connectivity index (χ0n) is 16.0. The third-order valence-electron chi connectivity index (χ3n) is 5.15. The lowest BCUT2D eigenvalue weighted by atomic mass is 9.98. The van der Waals surface area contributed by atoms with Crippen molar-refractivity contribution in [3.05, 3.63) is 47.2 Å². The van der Waals surface area contributed by atoms with Crippen LogP contribution in [0.15, 0.2) is 35.3 Å². The summed E-state index contributed by atoms with van der Waals surface area (Å²) in [4.78, 5) is 34.2. The van der Waals surface area contributed by atoms with Crippen LogP contribution in [0.5, 0.6) is 0 Å². The van der Waals surface area contributed by atoms with Gasteiger partial charge in [-0.1, -0.05) is 24.0 Å². The van der Waals surface area contributed by atoms with Gasteiger partial charge in [-0.2, -0.15) is 0 Å². The highest BCUT2D eigenvalue weighted by Gasteiger charge is 2.42. The molecule has 7 heteroatoms. The first-order valence-corrected chi connectivity index (χ1v) is 9.35. The van der Waals surface area contributed by atoms with E-state index in [1.54, 1.807) is 25.2 Å². The van der Waals surface area contributed by atoms with Gasteiger partial charge in [0.05, 0.1) is 11.4 Å². The topological polar surface area (TPSA) is 109 Å². The quantitative estimate of drug-likeness (QED) is 0.759. The van der Waals surface area contributed by atoms with Crippen molar-refractivity contribution in [3.8, 4) is 23.1 Å². The number of aliphatic imine (C=N–C) groups is 1. The minimum atomic E-state index is -1.65. The number of likely N-dealkylation sites (N-methyl/N-ethyl adjacent to an activating group) is 1. The molecule has 1 aromatic carbocycles. The van der Waals surface area contributed by atoms with E-state index in [1.165, 1.54) is 4.90 Å². The normalized spacial score (nSPS) is 20.2. The van der Waals surface area contributed by atoms with E-state index in [9.17, 15) is 14.7 Å². The Morgan fingerprint density at radius 2 is 2.17 bits per heavy atom. The molecule has 0 saturated carbocycles. The minimum Gasteiger partial charge on any atom is -0.369 e. The average Bonchev–Trinajstić information content (AvgIpc) is 2.99. The molecule has 29 heavy (non-hydrogen) atoms. The number of primary amides is 1. The second-order valence-electron chi connectivity index (χ2n) is 7.25. The van der Waals surface area contributed by atoms with Gasteiger partial charge in [0, 0.05) is 37.4 Å². The van der Waals surface area contributed by atoms with Gasteiger partial charge in [-0.05, 0) is 36.6 Å². The van der Waals surface area contributed by atoms with Crippen LogP contribution < -0.4 is 5.73 Å². The first kappa shape index (κ1) is 18.8. The van der Waals surface area contributed by atoms with E-state index in [2.05, 4.69) is 21.8 Å². The summed E-state index contributed by atoms with van der Waals surface area (Å²) in [5.41, 5.74) is 7.56. The second kappa shape index (κ2) is 7.15. The molecule has 0 aliphatic carbocycles. The third-order valence-corrected chi connectivity index (χ3v) is 5.15. The van der Waals surface area contributed by atoms with Crippen molar-refractivity contribution in [2.24, 2.45) is 10.7 Å². The number of hydrogen-bond acceptors (Lipinski definition) is 5. The molecule has 2 aromatic rings. The maximum absolute atomic E-state index is 12.1. The highest BCUT2D eigenvalue weighted by atomic mass is 16.3. The maximum Gasteiger partial charge on any atom is 0.267 e. The van der Waals surface area contributed by atoms with Crippen LogP contribution in [0.3, 0.4) is 0 Å². The van der Waals surface area contributed by atoms with Crippen LogP contribution in [0, 0.1) is 11.8 Å². The summed E-state index contributed by atoms with van der Waals surface area (Å²) in [5, 5.41) is 10.5. The van der Waals surface area contributed by atoms with Gasteiger partial charge >= 0.3 is 0 Å². The summed E-state index contributed by atoms with van der Waals surface area (Å²) in [6.07, 6.45) is 3.66. The number of hydrogen-bond donors (Lipinski definition) is 2. The third kappa shape index (κ3) is 3.50. The van der Waals surface area contributed by atoms with Crippen LogP contribution in [-0.2, 0) is 11.2 Å². The Bertz CT molecular complexity index is 1110. The van der Waals surface area contributed by atoms with E-state index in [1.807, 2.05) is 18.3 Å². The van der Waals surface area contributed by atoms with Crippen molar-refractivity contribution >= 4 is 23.7 Å². The molecule has 1 atom stereocenters. The molecule has 0 spiro atoms. The highest BCUT2D eigenvalue weighted by Crippen LogP contribution is 2.35. The number of carbonyl (C=O) groups excluding carboxylic acids is 2. The standard InChI is InChI=1S/C22H20N4O3/c1-26-11-9-22(29,21(26)28)8-7-14-4-2-5-15(12-14)19-18-16(6-3-10-24-18)13-17(25-19)20(23)27/h2,4-5,10,12-13,29H,3,6,9,11H2,1H3,(H2,23,27). The summed E-state index contributed by atoms with van der Waals surface area (Å²) in [5.74, 6) is 4.64. The van der Waals surface area contributed by atoms with Crippen molar-refractivity contribution in [2.75, 3.05) is 13.6 Å². The van der Waals surface area contributed by atoms with E-state index < -0.39 is 11.5 Å². The molecule has 146 valence electrons. The van der Waals surface area contributed by atoms with E-state index >= 15 is 0 Å². The van der Waals surface area contributed by atoms with Gasteiger partial charge in [-0.15, -0.1) is 0 Å². The maximum atomic E-state index is 12.1. The number of fused-ring (bicyclic) bond motifs is 1. The second-order valence-corrected chi connectivity index (χ2v) is 7.25. The molecule has 3 heterocycles. The van der Waals surface area contributed by atoms with Gasteiger partial charge in [0.15, 0.2) is 0 Å². The fraction of sp³-hybridized carbons (Fsp3) is 0.273. The highest BCUT2D eigenvalue weighted by molar-refractivity contribution is 5.94. The van der Waals surface area contributed by atoms with Crippen LogP contribution in [0.25, 0.3) is 11.3 Å². The number of benzene rings is 1. The lowest BCUT2D eigenvalue weighted by Gasteiger charge is -2.15. The van der Waals surface area contributed by atoms with Gasteiger partial charge in [0.2, 0.25) is 5.60 Å². The predicted molar refractivity (Wildman–Crippen MR) is 109 cm³/mol. The predicted octanol–water partition coefficient (Wildman–Crippen LogP) is 1.44. The van der Waals surface area contributed by atoms with E-state index in [-0.39, 0.29) is 18.0 Å². The number of pyridine rings is 1. The lowest BCUT2D eigenvalue weighted by molar-refractivity contribution is -0.137. The average molecular weight is 388 g/mol. The Morgan fingerprint density at radius 1 is 1.34 bits per heavy atom. The molecule has 3 N–H and O–H groups in total. The Labute approximate surface area is 168 Å². The number of carbonyl (C=O) groups is 2. The van der Waals surface area contributed by atoms with Crippen LogP contribution in [0.4, 0.5) is 5.69 Å². The molecule has 1 saturated heterocycles. The number of amides is 2. The summed E-state index contributed by atoms with van der Waals surface area (Å²) in [6.45, 7) is 0.470. The van der Waals surface area contributed by atoms with Crippen molar-refractivity contribution in [1.82, 2.24) is 9.88 Å². The summed E-state index contributed by atoms with van der Waals surface area (Å²) in [7, 11) is 1.64. The van der Waals surface area contributed by atoms with Gasteiger partial charge in [-0.25, -0.2) is 4.98 Å². The van der Waals surface area contributed by atoms with Crippen molar-refractivity contribution in [3.63, 3.8) is 0 Å². The first-order valence-electron chi connectivity index (χ1n) is 9.35. The van der Waals surface area contributed by atoms with E-state index in [0.717, 1.165) is 29.7 Å². The number of nitrogens with zero attached hydrogens (tertiary/aromatic N) is 3. The smallest absolute Gasteiger partial charge is 0.267 e. The van der Waals surface area contributed by atoms with Gasteiger partial charge in [0.1, 0.15) is 5.69 Å². The minimum absolute atomic E-state index is 0.196. The molecule has 0 bridgehead atoms. The van der Waals surface area contributed by atoms with Crippen LogP contribution in [0.1, 0.15) is 34.5 Å². The molecule has 1 unspecified atom stereocenters. The van der Waals surface area contributed by atoms with Crippen LogP contribution in [-0.4, -0.2) is 52.2 Å². The Balaban J connectivity index is 1.75. The van der Waals surface area contributed by atoms with Gasteiger partial charge in [0.25, 0.3) is 11.8 Å². The molecule has 7 nitrogen and oxygen atoms in total. The fourth-order valence-corrected chi connectivity index (χ4v) is 3.52. The monoisotopic (exact) mass is 388 g/mol. The van der Waals surface area contributed by atoms with Crippen LogP contribution in [0.2, 0.25) is 0 Å². The summed E-state index contributed by atoms with van der Waals surface area (Å²) < 4.78 is 0. The first-order chi connectivity index (χ1) is 13.9. The zero-order valence-corrected chi connectivity index (χ0v) is 16.0. The number of nitrogens with two attached hydrogens (primary N) is 1. The van der Waals surface area contributed by atoms with Crippen molar-refractivity contribution in [1.29, 1.82) is 0 Å². The number of aromatic nitrogens is 1. The fourth-order valence-electron chi connectivity index (χ4n) is 3.52. The molecule has 2 aliphatic heterocycles. The largest absolute Gasteiger partial charge is 0.369 e. The summed E-state index contributed by atoms with van der Waals surface area (Å²) in [6, 6.07) is 8.95. The number of aryl methyl sites for hydroxylation is 1. The van der Waals surface area contributed by atoms with Crippen LogP contribution >= 0.6 is 0 Å². The summed E-state index contributed by atoms with van der Waals surface area (Å²) >= 11 is 0. The molecule has 2 aliphatic rings. The molecule has 2 amide bonds. The Morgan fingerprint density at radius 3 is 2.90 bits per heavy atom. The Kier molecular flexibility index (Phi) is 4.65.